The first-order chi connectivity index (χ1) is 8.95. The van der Waals surface area contributed by atoms with Crippen molar-refractivity contribution in [2.24, 2.45) is 5.41 Å². The summed E-state index contributed by atoms with van der Waals surface area (Å²) < 4.78 is 5.44. The van der Waals surface area contributed by atoms with Gasteiger partial charge in [-0.3, -0.25) is 4.79 Å². The lowest BCUT2D eigenvalue weighted by atomic mass is 9.80. The average molecular weight is 262 g/mol. The first-order valence-corrected chi connectivity index (χ1v) is 6.87. The van der Waals surface area contributed by atoms with Gasteiger partial charge in [0.15, 0.2) is 0 Å². The van der Waals surface area contributed by atoms with E-state index in [1.165, 1.54) is 24.0 Å². The largest absolute Gasteiger partial charge is 0.496 e. The Kier molecular flexibility index (Phi) is 3.83. The Labute approximate surface area is 114 Å². The molecule has 3 nitrogen and oxygen atoms in total. The summed E-state index contributed by atoms with van der Waals surface area (Å²) in [5.74, 6) is 0.0675. The number of rotatable bonds is 4. The van der Waals surface area contributed by atoms with Crippen LogP contribution >= 0.6 is 0 Å². The van der Waals surface area contributed by atoms with Crippen molar-refractivity contribution in [1.82, 2.24) is 0 Å². The molecular weight excluding hydrogens is 240 g/mol. The number of benzene rings is 1. The molecule has 0 saturated heterocycles. The Bertz CT molecular complexity index is 489. The fourth-order valence-corrected chi connectivity index (χ4v) is 2.79. The minimum Gasteiger partial charge on any atom is -0.496 e. The van der Waals surface area contributed by atoms with Gasteiger partial charge in [0.25, 0.3) is 0 Å². The highest BCUT2D eigenvalue weighted by atomic mass is 16.5. The maximum absolute atomic E-state index is 11.4. The summed E-state index contributed by atoms with van der Waals surface area (Å²) in [5, 5.41) is 9.33. The summed E-state index contributed by atoms with van der Waals surface area (Å²) in [4.78, 5) is 11.4. The minimum atomic E-state index is -0.764. The zero-order valence-electron chi connectivity index (χ0n) is 12.0. The molecule has 0 aromatic heterocycles. The van der Waals surface area contributed by atoms with Gasteiger partial charge in [0.1, 0.15) is 5.75 Å². The normalized spacial score (nSPS) is 14.9. The number of aliphatic carboxylic acids is 1. The molecule has 0 radical (unpaired) electrons. The van der Waals surface area contributed by atoms with Crippen LogP contribution in [0.2, 0.25) is 0 Å². The monoisotopic (exact) mass is 262 g/mol. The van der Waals surface area contributed by atoms with Crippen molar-refractivity contribution < 1.29 is 14.6 Å². The zero-order chi connectivity index (χ0) is 14.0. The summed E-state index contributed by atoms with van der Waals surface area (Å²) in [5.41, 5.74) is 3.01. The molecule has 0 saturated carbocycles. The first-order valence-electron chi connectivity index (χ1n) is 6.87. The third kappa shape index (κ3) is 2.75. The number of carboxylic acid groups (broad SMARTS) is 1. The van der Waals surface area contributed by atoms with Gasteiger partial charge in [0.2, 0.25) is 0 Å². The Morgan fingerprint density at radius 1 is 1.32 bits per heavy atom. The van der Waals surface area contributed by atoms with Gasteiger partial charge >= 0.3 is 5.97 Å². The predicted octanol–water partition coefficient (Wildman–Crippen LogP) is 3.23. The number of fused-ring (bicyclic) bond motifs is 1. The molecule has 0 aliphatic heterocycles. The van der Waals surface area contributed by atoms with Crippen LogP contribution in [0.15, 0.2) is 12.1 Å². The van der Waals surface area contributed by atoms with Crippen molar-refractivity contribution in [2.45, 2.75) is 46.0 Å². The van der Waals surface area contributed by atoms with Gasteiger partial charge in [-0.05, 0) is 68.7 Å². The summed E-state index contributed by atoms with van der Waals surface area (Å²) in [6, 6.07) is 4.11. The molecule has 1 aliphatic rings. The van der Waals surface area contributed by atoms with E-state index in [9.17, 15) is 9.90 Å². The lowest BCUT2D eigenvalue weighted by Gasteiger charge is -2.26. The Morgan fingerprint density at radius 3 is 2.63 bits per heavy atom. The third-order valence-electron chi connectivity index (χ3n) is 4.03. The fraction of sp³-hybridized carbons (Fsp3) is 0.562. The van der Waals surface area contributed by atoms with Crippen molar-refractivity contribution in [1.29, 1.82) is 0 Å². The summed E-state index contributed by atoms with van der Waals surface area (Å²) >= 11 is 0. The van der Waals surface area contributed by atoms with E-state index in [4.69, 9.17) is 4.74 Å². The van der Waals surface area contributed by atoms with Crippen molar-refractivity contribution in [3.05, 3.63) is 28.8 Å². The minimum absolute atomic E-state index is 0.522. The zero-order valence-corrected chi connectivity index (χ0v) is 12.0. The topological polar surface area (TPSA) is 46.5 Å². The number of carboxylic acids is 1. The number of ether oxygens (including phenoxy) is 1. The predicted molar refractivity (Wildman–Crippen MR) is 74.8 cm³/mol. The van der Waals surface area contributed by atoms with Gasteiger partial charge < -0.3 is 9.84 Å². The van der Waals surface area contributed by atoms with Crippen LogP contribution in [0.25, 0.3) is 0 Å². The van der Waals surface area contributed by atoms with E-state index in [2.05, 4.69) is 6.07 Å². The average Bonchev–Trinajstić information content (AvgIpc) is 2.38. The van der Waals surface area contributed by atoms with E-state index in [1.54, 1.807) is 21.0 Å². The van der Waals surface area contributed by atoms with Crippen molar-refractivity contribution in [2.75, 3.05) is 7.11 Å². The molecule has 0 spiro atoms. The van der Waals surface area contributed by atoms with Crippen LogP contribution in [0.1, 0.15) is 43.4 Å². The second-order valence-electron chi connectivity index (χ2n) is 5.96. The third-order valence-corrected chi connectivity index (χ3v) is 4.03. The van der Waals surface area contributed by atoms with E-state index in [0.717, 1.165) is 24.2 Å². The number of hydrogen-bond acceptors (Lipinski definition) is 2. The van der Waals surface area contributed by atoms with Crippen LogP contribution in [0.3, 0.4) is 0 Å². The van der Waals surface area contributed by atoms with Gasteiger partial charge in [-0.2, -0.15) is 0 Å². The summed E-state index contributed by atoms with van der Waals surface area (Å²) in [6.45, 7) is 3.55. The van der Waals surface area contributed by atoms with Crippen LogP contribution in [0.4, 0.5) is 0 Å². The molecule has 1 aliphatic carbocycles. The number of hydrogen-bond donors (Lipinski definition) is 1. The number of aryl methyl sites for hydroxylation is 1. The van der Waals surface area contributed by atoms with Crippen LogP contribution in [0.5, 0.6) is 5.75 Å². The second kappa shape index (κ2) is 5.24. The van der Waals surface area contributed by atoms with Gasteiger partial charge in [-0.25, -0.2) is 0 Å². The van der Waals surface area contributed by atoms with E-state index >= 15 is 0 Å². The van der Waals surface area contributed by atoms with Gasteiger partial charge in [-0.15, -0.1) is 0 Å². The number of methoxy groups -OCH3 is 1. The van der Waals surface area contributed by atoms with Crippen molar-refractivity contribution in [3.8, 4) is 5.75 Å². The highest BCUT2D eigenvalue weighted by Crippen LogP contribution is 2.35. The molecule has 0 heterocycles. The first kappa shape index (κ1) is 13.9. The second-order valence-corrected chi connectivity index (χ2v) is 5.96. The molecular formula is C16H22O3. The molecule has 104 valence electrons. The molecule has 1 aromatic rings. The molecule has 2 rings (SSSR count). The lowest BCUT2D eigenvalue weighted by molar-refractivity contribution is -0.146. The molecule has 1 aromatic carbocycles. The van der Waals surface area contributed by atoms with Crippen LogP contribution in [-0.4, -0.2) is 18.2 Å². The van der Waals surface area contributed by atoms with Crippen LogP contribution in [-0.2, 0) is 24.1 Å². The molecule has 0 atom stereocenters. The Hall–Kier alpha value is -1.51. The van der Waals surface area contributed by atoms with Crippen molar-refractivity contribution in [3.63, 3.8) is 0 Å². The SMILES string of the molecule is COc1ccc2c(c1CC(C)(C)C(=O)O)CCCC2. The lowest BCUT2D eigenvalue weighted by Crippen LogP contribution is -2.27. The highest BCUT2D eigenvalue weighted by Gasteiger charge is 2.30. The van der Waals surface area contributed by atoms with Gasteiger partial charge in [0, 0.05) is 0 Å². The standard InChI is InChI=1S/C16H22O3/c1-16(2,15(17)18)10-13-12-7-5-4-6-11(12)8-9-14(13)19-3/h8-9H,4-7,10H2,1-3H3,(H,17,18). The van der Waals surface area contributed by atoms with E-state index < -0.39 is 11.4 Å². The van der Waals surface area contributed by atoms with Crippen molar-refractivity contribution >= 4 is 5.97 Å². The summed E-state index contributed by atoms with van der Waals surface area (Å²) in [6.07, 6.45) is 5.06. The Balaban J connectivity index is 2.45. The molecule has 0 amide bonds. The quantitative estimate of drug-likeness (QED) is 0.906. The van der Waals surface area contributed by atoms with Gasteiger partial charge in [0.05, 0.1) is 12.5 Å². The molecule has 0 bridgehead atoms. The van der Waals surface area contributed by atoms with Crippen LogP contribution < -0.4 is 4.74 Å². The molecule has 1 N–H and O–H groups in total. The maximum Gasteiger partial charge on any atom is 0.309 e. The fourth-order valence-electron chi connectivity index (χ4n) is 2.79. The maximum atomic E-state index is 11.4. The Morgan fingerprint density at radius 2 is 2.00 bits per heavy atom. The smallest absolute Gasteiger partial charge is 0.309 e. The molecule has 0 unspecified atom stereocenters. The number of carbonyl (C=O) groups is 1. The van der Waals surface area contributed by atoms with E-state index in [1.807, 2.05) is 6.07 Å². The molecule has 19 heavy (non-hydrogen) atoms. The van der Waals surface area contributed by atoms with E-state index in [-0.39, 0.29) is 0 Å². The summed E-state index contributed by atoms with van der Waals surface area (Å²) in [7, 11) is 1.65. The highest BCUT2D eigenvalue weighted by molar-refractivity contribution is 5.74. The molecule has 0 fully saturated rings. The van der Waals surface area contributed by atoms with E-state index in [0.29, 0.717) is 6.42 Å². The van der Waals surface area contributed by atoms with Crippen LogP contribution in [0, 0.1) is 5.41 Å². The van der Waals surface area contributed by atoms with Gasteiger partial charge in [-0.1, -0.05) is 6.07 Å². The molecule has 3 heteroatoms.